The minimum Gasteiger partial charge on any atom is -0.494 e. The normalized spacial score (nSPS) is 11.0. The zero-order valence-corrected chi connectivity index (χ0v) is 17.6. The molecular formula is C19H21Cl3N4O2. The Morgan fingerprint density at radius 3 is 2.57 bits per heavy atom. The van der Waals surface area contributed by atoms with Crippen molar-refractivity contribution in [1.29, 1.82) is 0 Å². The summed E-state index contributed by atoms with van der Waals surface area (Å²) in [6.45, 7) is 2.87. The number of nitrogens with one attached hydrogen (secondary N) is 1. The number of nitrogens with zero attached hydrogens (tertiary/aromatic N) is 2. The van der Waals surface area contributed by atoms with E-state index in [-0.39, 0.29) is 26.6 Å². The molecule has 0 aliphatic heterocycles. The highest BCUT2D eigenvalue weighted by Crippen LogP contribution is 2.34. The molecule has 0 aliphatic rings. The van der Waals surface area contributed by atoms with Gasteiger partial charge in [-0.15, -0.1) is 0 Å². The minimum absolute atomic E-state index is 0.000565. The van der Waals surface area contributed by atoms with Crippen molar-refractivity contribution in [2.24, 2.45) is 5.10 Å². The molecule has 0 saturated carbocycles. The van der Waals surface area contributed by atoms with Crippen molar-refractivity contribution in [3.8, 4) is 5.75 Å². The summed E-state index contributed by atoms with van der Waals surface area (Å²) in [6.07, 6.45) is 6.12. The smallest absolute Gasteiger partial charge is 0.291 e. The lowest BCUT2D eigenvalue weighted by molar-refractivity contribution is 0.0950. The molecule has 28 heavy (non-hydrogen) atoms. The van der Waals surface area contributed by atoms with Crippen molar-refractivity contribution < 1.29 is 9.53 Å². The summed E-state index contributed by atoms with van der Waals surface area (Å²) in [5.74, 6) is 0.137. The predicted octanol–water partition coefficient (Wildman–Crippen LogP) is 5.35. The molecule has 9 heteroatoms. The van der Waals surface area contributed by atoms with Crippen LogP contribution in [0.5, 0.6) is 5.75 Å². The molecule has 2 aromatic rings. The molecule has 6 nitrogen and oxygen atoms in total. The van der Waals surface area contributed by atoms with Gasteiger partial charge in [-0.1, -0.05) is 61.0 Å². The number of carbonyl (C=O) groups excluding carboxylic acids is 1. The van der Waals surface area contributed by atoms with Crippen molar-refractivity contribution in [3.05, 3.63) is 50.7 Å². The van der Waals surface area contributed by atoms with Crippen LogP contribution in [0.3, 0.4) is 0 Å². The van der Waals surface area contributed by atoms with Gasteiger partial charge in [-0.3, -0.25) is 4.79 Å². The maximum Gasteiger partial charge on any atom is 0.291 e. The first-order valence-corrected chi connectivity index (χ1v) is 9.93. The summed E-state index contributed by atoms with van der Waals surface area (Å²) in [6, 6.07) is 7.36. The lowest BCUT2D eigenvalue weighted by atomic mass is 10.2. The number of hydrogen-bond donors (Lipinski definition) is 2. The first kappa shape index (κ1) is 22.3. The summed E-state index contributed by atoms with van der Waals surface area (Å²) >= 11 is 17.7. The van der Waals surface area contributed by atoms with E-state index in [0.29, 0.717) is 6.61 Å². The number of halogens is 3. The van der Waals surface area contributed by atoms with Gasteiger partial charge in [0.1, 0.15) is 10.8 Å². The lowest BCUT2D eigenvalue weighted by Gasteiger charge is -2.07. The average Bonchev–Trinajstić information content (AvgIpc) is 2.70. The Morgan fingerprint density at radius 2 is 1.89 bits per heavy atom. The quantitative estimate of drug-likeness (QED) is 0.237. The molecule has 150 valence electrons. The van der Waals surface area contributed by atoms with Crippen molar-refractivity contribution >= 4 is 52.6 Å². The van der Waals surface area contributed by atoms with Gasteiger partial charge in [-0.2, -0.15) is 5.10 Å². The number of anilines is 1. The standard InChI is InChI=1S/C19H21Cl3N4O2/c1-2-3-4-5-10-28-13-8-6-12(7-9-13)11-24-26-19(27)17-14(20)16(23)15(21)18(22)25-17/h6-9,11H,2-5,10H2,1H3,(H2,23,25)(H,26,27)/b24-11+. The second-order valence-corrected chi connectivity index (χ2v) is 7.08. The Bertz CT molecular complexity index is 842. The highest BCUT2D eigenvalue weighted by atomic mass is 35.5. The average molecular weight is 444 g/mol. The van der Waals surface area contributed by atoms with E-state index in [1.807, 2.05) is 24.3 Å². The zero-order chi connectivity index (χ0) is 20.5. The second-order valence-electron chi connectivity index (χ2n) is 5.97. The maximum absolute atomic E-state index is 12.2. The number of rotatable bonds is 9. The third-order valence-electron chi connectivity index (χ3n) is 3.81. The Labute approximate surface area is 179 Å². The summed E-state index contributed by atoms with van der Waals surface area (Å²) in [7, 11) is 0. The van der Waals surface area contributed by atoms with Crippen LogP contribution in [-0.2, 0) is 0 Å². The highest BCUT2D eigenvalue weighted by Gasteiger charge is 2.19. The number of ether oxygens (including phenoxy) is 1. The molecule has 1 aromatic heterocycles. The van der Waals surface area contributed by atoms with E-state index in [1.54, 1.807) is 0 Å². The van der Waals surface area contributed by atoms with E-state index in [4.69, 9.17) is 45.3 Å². The number of unbranched alkanes of at least 4 members (excludes halogenated alkanes) is 3. The van der Waals surface area contributed by atoms with Crippen LogP contribution in [0.4, 0.5) is 5.69 Å². The van der Waals surface area contributed by atoms with E-state index in [9.17, 15) is 4.79 Å². The molecular weight excluding hydrogens is 423 g/mol. The maximum atomic E-state index is 12.2. The molecule has 1 aromatic carbocycles. The van der Waals surface area contributed by atoms with Crippen LogP contribution in [-0.4, -0.2) is 23.7 Å². The molecule has 1 amide bonds. The fourth-order valence-corrected chi connectivity index (χ4v) is 2.86. The van der Waals surface area contributed by atoms with E-state index in [2.05, 4.69) is 22.4 Å². The Kier molecular flexibility index (Phi) is 8.83. The summed E-state index contributed by atoms with van der Waals surface area (Å²) < 4.78 is 5.68. The van der Waals surface area contributed by atoms with Gasteiger partial charge in [0.25, 0.3) is 5.91 Å². The van der Waals surface area contributed by atoms with Gasteiger partial charge < -0.3 is 10.5 Å². The van der Waals surface area contributed by atoms with Gasteiger partial charge in [-0.25, -0.2) is 10.4 Å². The topological polar surface area (TPSA) is 89.6 Å². The number of hydrogen-bond acceptors (Lipinski definition) is 5. The van der Waals surface area contributed by atoms with Crippen LogP contribution in [0, 0.1) is 0 Å². The van der Waals surface area contributed by atoms with Crippen LogP contribution in [0.15, 0.2) is 29.4 Å². The van der Waals surface area contributed by atoms with Crippen LogP contribution in [0.2, 0.25) is 15.2 Å². The van der Waals surface area contributed by atoms with Gasteiger partial charge in [0.15, 0.2) is 10.8 Å². The van der Waals surface area contributed by atoms with Gasteiger partial charge >= 0.3 is 0 Å². The Hall–Kier alpha value is -2.02. The van der Waals surface area contributed by atoms with Crippen LogP contribution in [0.25, 0.3) is 0 Å². The number of pyridine rings is 1. The number of carbonyl (C=O) groups is 1. The summed E-state index contributed by atoms with van der Waals surface area (Å²) in [4.78, 5) is 16.0. The summed E-state index contributed by atoms with van der Waals surface area (Å²) in [5.41, 5.74) is 8.64. The monoisotopic (exact) mass is 442 g/mol. The molecule has 3 N–H and O–H groups in total. The number of nitrogens with two attached hydrogens (primary N) is 1. The number of benzene rings is 1. The lowest BCUT2D eigenvalue weighted by Crippen LogP contribution is -2.20. The fourth-order valence-electron chi connectivity index (χ4n) is 2.27. The largest absolute Gasteiger partial charge is 0.494 e. The van der Waals surface area contributed by atoms with E-state index >= 15 is 0 Å². The van der Waals surface area contributed by atoms with Crippen molar-refractivity contribution in [2.45, 2.75) is 32.6 Å². The zero-order valence-electron chi connectivity index (χ0n) is 15.3. The predicted molar refractivity (Wildman–Crippen MR) is 115 cm³/mol. The Morgan fingerprint density at radius 1 is 1.18 bits per heavy atom. The second kappa shape index (κ2) is 11.1. The molecule has 0 spiro atoms. The van der Waals surface area contributed by atoms with Gasteiger partial charge in [0.05, 0.1) is 23.5 Å². The van der Waals surface area contributed by atoms with Gasteiger partial charge in [0.2, 0.25) is 0 Å². The molecule has 1 heterocycles. The van der Waals surface area contributed by atoms with Crippen LogP contribution in [0.1, 0.15) is 48.7 Å². The molecule has 0 aliphatic carbocycles. The highest BCUT2D eigenvalue weighted by molar-refractivity contribution is 6.46. The molecule has 0 atom stereocenters. The molecule has 0 saturated heterocycles. The molecule has 2 rings (SSSR count). The van der Waals surface area contributed by atoms with Crippen LogP contribution >= 0.6 is 34.8 Å². The third-order valence-corrected chi connectivity index (χ3v) is 4.95. The third kappa shape index (κ3) is 6.26. The molecule has 0 unspecified atom stereocenters. The van der Waals surface area contributed by atoms with Crippen LogP contribution < -0.4 is 15.9 Å². The van der Waals surface area contributed by atoms with E-state index in [1.165, 1.54) is 25.5 Å². The minimum atomic E-state index is -0.654. The number of amides is 1. The van der Waals surface area contributed by atoms with Crippen molar-refractivity contribution in [3.63, 3.8) is 0 Å². The molecule has 0 bridgehead atoms. The first-order chi connectivity index (χ1) is 13.4. The van der Waals surface area contributed by atoms with Gasteiger partial charge in [0, 0.05) is 0 Å². The molecule has 0 radical (unpaired) electrons. The SMILES string of the molecule is CCCCCCOc1ccc(/C=N/NC(=O)c2nc(Cl)c(Cl)c(N)c2Cl)cc1. The van der Waals surface area contributed by atoms with Crippen molar-refractivity contribution in [1.82, 2.24) is 10.4 Å². The summed E-state index contributed by atoms with van der Waals surface area (Å²) in [5, 5.41) is 3.70. The number of aromatic nitrogens is 1. The number of hydrazone groups is 1. The Balaban J connectivity index is 1.90. The number of nitrogen functional groups attached to an aromatic ring is 1. The van der Waals surface area contributed by atoms with E-state index < -0.39 is 5.91 Å². The fraction of sp³-hybridized carbons (Fsp3) is 0.316. The van der Waals surface area contributed by atoms with E-state index in [0.717, 1.165) is 17.7 Å². The first-order valence-electron chi connectivity index (χ1n) is 8.80. The molecule has 0 fully saturated rings. The van der Waals surface area contributed by atoms with Gasteiger partial charge in [-0.05, 0) is 36.2 Å². The van der Waals surface area contributed by atoms with Crippen molar-refractivity contribution in [2.75, 3.05) is 12.3 Å².